The summed E-state index contributed by atoms with van der Waals surface area (Å²) in [7, 11) is 3.42. The fourth-order valence-electron chi connectivity index (χ4n) is 2.97. The van der Waals surface area contributed by atoms with Gasteiger partial charge in [-0.2, -0.15) is 0 Å². The summed E-state index contributed by atoms with van der Waals surface area (Å²) in [5.41, 5.74) is 4.09. The molecule has 0 amide bonds. The van der Waals surface area contributed by atoms with Gasteiger partial charge in [0.1, 0.15) is 11.5 Å². The van der Waals surface area contributed by atoms with E-state index in [1.165, 1.54) is 16.7 Å². The van der Waals surface area contributed by atoms with Gasteiger partial charge in [0.05, 0.1) is 18.8 Å². The van der Waals surface area contributed by atoms with Gasteiger partial charge in [-0.25, -0.2) is 0 Å². The molecular formula is C25H28O2S2. The van der Waals surface area contributed by atoms with Crippen LogP contribution in [-0.4, -0.2) is 18.8 Å². The molecule has 3 aromatic carbocycles. The largest absolute Gasteiger partial charge is 0.497 e. The van der Waals surface area contributed by atoms with Gasteiger partial charge in [0.2, 0.25) is 0 Å². The highest BCUT2D eigenvalue weighted by atomic mass is 32.2. The smallest absolute Gasteiger partial charge is 0.118 e. The van der Waals surface area contributed by atoms with Gasteiger partial charge in [-0.1, -0.05) is 54.6 Å². The lowest BCUT2D eigenvalue weighted by molar-refractivity contribution is 0.414. The SMILES string of the molecule is COc1ccc(CSC(CCc2ccccc2)SCc2ccc(OC)cc2)cc1. The molecule has 0 N–H and O–H groups in total. The van der Waals surface area contributed by atoms with Gasteiger partial charge in [-0.05, 0) is 53.8 Å². The topological polar surface area (TPSA) is 18.5 Å². The van der Waals surface area contributed by atoms with Crippen molar-refractivity contribution in [3.05, 3.63) is 95.6 Å². The van der Waals surface area contributed by atoms with Crippen molar-refractivity contribution in [1.82, 2.24) is 0 Å². The first-order valence-electron chi connectivity index (χ1n) is 9.80. The third kappa shape index (κ3) is 7.37. The zero-order valence-corrected chi connectivity index (χ0v) is 18.7. The van der Waals surface area contributed by atoms with Crippen LogP contribution in [0, 0.1) is 0 Å². The lowest BCUT2D eigenvalue weighted by atomic mass is 10.1. The molecular weight excluding hydrogens is 396 g/mol. The van der Waals surface area contributed by atoms with E-state index in [9.17, 15) is 0 Å². The van der Waals surface area contributed by atoms with Crippen LogP contribution in [0.3, 0.4) is 0 Å². The Labute approximate surface area is 183 Å². The zero-order valence-electron chi connectivity index (χ0n) is 17.0. The molecule has 0 aliphatic carbocycles. The highest BCUT2D eigenvalue weighted by Crippen LogP contribution is 2.33. The molecule has 152 valence electrons. The van der Waals surface area contributed by atoms with Gasteiger partial charge >= 0.3 is 0 Å². The second-order valence-electron chi connectivity index (χ2n) is 6.77. The minimum atomic E-state index is 0.541. The Morgan fingerprint density at radius 2 is 1.10 bits per heavy atom. The van der Waals surface area contributed by atoms with Gasteiger partial charge in [0.25, 0.3) is 0 Å². The van der Waals surface area contributed by atoms with Crippen LogP contribution < -0.4 is 9.47 Å². The van der Waals surface area contributed by atoms with E-state index in [1.807, 2.05) is 47.8 Å². The maximum atomic E-state index is 5.27. The van der Waals surface area contributed by atoms with Crippen LogP contribution in [0.4, 0.5) is 0 Å². The third-order valence-corrected chi connectivity index (χ3v) is 7.73. The maximum absolute atomic E-state index is 5.27. The van der Waals surface area contributed by atoms with Crippen LogP contribution in [0.25, 0.3) is 0 Å². The van der Waals surface area contributed by atoms with Crippen LogP contribution in [0.15, 0.2) is 78.9 Å². The molecule has 0 aromatic heterocycles. The lowest BCUT2D eigenvalue weighted by Gasteiger charge is -2.17. The number of hydrogen-bond donors (Lipinski definition) is 0. The highest BCUT2D eigenvalue weighted by molar-refractivity contribution is 8.16. The Morgan fingerprint density at radius 1 is 0.621 bits per heavy atom. The van der Waals surface area contributed by atoms with Gasteiger partial charge in [-0.15, -0.1) is 23.5 Å². The van der Waals surface area contributed by atoms with Crippen molar-refractivity contribution in [1.29, 1.82) is 0 Å². The van der Waals surface area contributed by atoms with Crippen molar-refractivity contribution >= 4 is 23.5 Å². The Hall–Kier alpha value is -2.04. The van der Waals surface area contributed by atoms with Gasteiger partial charge < -0.3 is 9.47 Å². The molecule has 0 atom stereocenters. The van der Waals surface area contributed by atoms with Gasteiger partial charge in [-0.3, -0.25) is 0 Å². The number of rotatable bonds is 11. The van der Waals surface area contributed by atoms with Crippen molar-refractivity contribution < 1.29 is 9.47 Å². The molecule has 0 spiro atoms. The van der Waals surface area contributed by atoms with Crippen molar-refractivity contribution in [3.63, 3.8) is 0 Å². The summed E-state index contributed by atoms with van der Waals surface area (Å²) < 4.78 is 11.1. The Balaban J connectivity index is 1.57. The molecule has 0 unspecified atom stereocenters. The maximum Gasteiger partial charge on any atom is 0.118 e. The summed E-state index contributed by atoms with van der Waals surface area (Å²) in [6, 6.07) is 27.6. The number of methoxy groups -OCH3 is 2. The third-order valence-electron chi connectivity index (χ3n) is 4.70. The van der Waals surface area contributed by atoms with Crippen LogP contribution in [-0.2, 0) is 17.9 Å². The molecule has 0 bridgehead atoms. The Bertz CT molecular complexity index is 781. The average molecular weight is 425 g/mol. The van der Waals surface area contributed by atoms with Crippen LogP contribution in [0.2, 0.25) is 0 Å². The minimum Gasteiger partial charge on any atom is -0.497 e. The predicted molar refractivity (Wildman–Crippen MR) is 127 cm³/mol. The van der Waals surface area contributed by atoms with Gasteiger partial charge in [0, 0.05) is 11.5 Å². The van der Waals surface area contributed by atoms with Crippen molar-refractivity contribution in [2.75, 3.05) is 14.2 Å². The van der Waals surface area contributed by atoms with E-state index in [-0.39, 0.29) is 0 Å². The minimum absolute atomic E-state index is 0.541. The Kier molecular flexibility index (Phi) is 8.84. The monoisotopic (exact) mass is 424 g/mol. The van der Waals surface area contributed by atoms with E-state index in [0.717, 1.165) is 35.8 Å². The fourth-order valence-corrected chi connectivity index (χ4v) is 5.47. The van der Waals surface area contributed by atoms with Crippen LogP contribution in [0.1, 0.15) is 23.1 Å². The second kappa shape index (κ2) is 11.8. The lowest BCUT2D eigenvalue weighted by Crippen LogP contribution is -2.02. The molecule has 29 heavy (non-hydrogen) atoms. The van der Waals surface area contributed by atoms with E-state index < -0.39 is 0 Å². The molecule has 0 radical (unpaired) electrons. The molecule has 2 nitrogen and oxygen atoms in total. The first kappa shape index (κ1) is 21.7. The molecule has 0 aliphatic rings. The fraction of sp³-hybridized carbons (Fsp3) is 0.280. The summed E-state index contributed by atoms with van der Waals surface area (Å²) in [5, 5.41) is 0. The average Bonchev–Trinajstić information content (AvgIpc) is 2.80. The van der Waals surface area contributed by atoms with E-state index in [1.54, 1.807) is 14.2 Å². The normalized spacial score (nSPS) is 10.9. The summed E-state index contributed by atoms with van der Waals surface area (Å²) in [5.74, 6) is 3.85. The predicted octanol–water partition coefficient (Wildman–Crippen LogP) is 6.83. The van der Waals surface area contributed by atoms with E-state index in [2.05, 4.69) is 54.6 Å². The Morgan fingerprint density at radius 3 is 1.55 bits per heavy atom. The number of aryl methyl sites for hydroxylation is 1. The quantitative estimate of drug-likeness (QED) is 0.314. The van der Waals surface area contributed by atoms with Crippen molar-refractivity contribution in [2.24, 2.45) is 0 Å². The standard InChI is InChI=1S/C25H28O2S2/c1-26-23-13-8-21(9-14-23)18-28-25(17-12-20-6-4-3-5-7-20)29-19-22-10-15-24(27-2)16-11-22/h3-11,13-16,25H,12,17-19H2,1-2H3. The van der Waals surface area contributed by atoms with E-state index >= 15 is 0 Å². The number of ether oxygens (including phenoxy) is 2. The summed E-state index contributed by atoms with van der Waals surface area (Å²) in [4.78, 5) is 0. The molecule has 3 rings (SSSR count). The molecule has 0 saturated carbocycles. The molecule has 4 heteroatoms. The summed E-state index contributed by atoms with van der Waals surface area (Å²) >= 11 is 4.06. The molecule has 3 aromatic rings. The van der Waals surface area contributed by atoms with Crippen LogP contribution >= 0.6 is 23.5 Å². The zero-order chi connectivity index (χ0) is 20.3. The number of benzene rings is 3. The van der Waals surface area contributed by atoms with Gasteiger partial charge in [0.15, 0.2) is 0 Å². The first-order valence-corrected chi connectivity index (χ1v) is 11.9. The van der Waals surface area contributed by atoms with E-state index in [4.69, 9.17) is 9.47 Å². The molecule has 0 saturated heterocycles. The van der Waals surface area contributed by atoms with Crippen LogP contribution in [0.5, 0.6) is 11.5 Å². The summed E-state index contributed by atoms with van der Waals surface area (Å²) in [6.07, 6.45) is 2.27. The molecule has 0 aliphatic heterocycles. The molecule has 0 heterocycles. The second-order valence-corrected chi connectivity index (χ2v) is 9.45. The summed E-state index contributed by atoms with van der Waals surface area (Å²) in [6.45, 7) is 0. The number of thioether (sulfide) groups is 2. The molecule has 0 fully saturated rings. The first-order chi connectivity index (χ1) is 14.3. The van der Waals surface area contributed by atoms with Crippen molar-refractivity contribution in [2.45, 2.75) is 28.9 Å². The number of hydrogen-bond acceptors (Lipinski definition) is 4. The van der Waals surface area contributed by atoms with Crippen molar-refractivity contribution in [3.8, 4) is 11.5 Å². The van der Waals surface area contributed by atoms with E-state index in [0.29, 0.717) is 4.58 Å². The highest BCUT2D eigenvalue weighted by Gasteiger charge is 2.12.